The Hall–Kier alpha value is -2.64. The van der Waals surface area contributed by atoms with Gasteiger partial charge in [0.05, 0.1) is 10.6 Å². The lowest BCUT2D eigenvalue weighted by Crippen LogP contribution is -2.41. The van der Waals surface area contributed by atoms with Gasteiger partial charge >= 0.3 is 0 Å². The van der Waals surface area contributed by atoms with Gasteiger partial charge in [-0.25, -0.2) is 8.42 Å². The fourth-order valence-electron chi connectivity index (χ4n) is 3.11. The molecule has 3 aromatic carbocycles. The average molecular weight is 501 g/mol. The van der Waals surface area contributed by atoms with Crippen molar-refractivity contribution >= 4 is 37.5 Å². The third-order valence-electron chi connectivity index (χ3n) is 4.82. The normalized spacial score (nSPS) is 11.2. The number of sulfonamides is 1. The van der Waals surface area contributed by atoms with E-state index in [-0.39, 0.29) is 17.3 Å². The zero-order valence-electron chi connectivity index (χ0n) is 17.3. The molecule has 0 fully saturated rings. The van der Waals surface area contributed by atoms with E-state index in [4.69, 9.17) is 0 Å². The summed E-state index contributed by atoms with van der Waals surface area (Å²) < 4.78 is 28.6. The molecule has 7 heteroatoms. The van der Waals surface area contributed by atoms with Gasteiger partial charge in [-0.1, -0.05) is 64.0 Å². The molecule has 0 spiro atoms. The van der Waals surface area contributed by atoms with Crippen LogP contribution < -0.4 is 9.62 Å². The predicted octanol–water partition coefficient (Wildman–Crippen LogP) is 4.70. The molecule has 0 atom stereocenters. The Balaban J connectivity index is 1.71. The Morgan fingerprint density at radius 2 is 1.58 bits per heavy atom. The largest absolute Gasteiger partial charge is 0.355 e. The van der Waals surface area contributed by atoms with Crippen LogP contribution >= 0.6 is 15.9 Å². The fraction of sp³-hybridized carbons (Fsp3) is 0.208. The molecule has 1 N–H and O–H groups in total. The Labute approximate surface area is 192 Å². The maximum absolute atomic E-state index is 13.3. The van der Waals surface area contributed by atoms with Crippen LogP contribution in [0.1, 0.15) is 17.5 Å². The number of halogens is 1. The molecule has 0 heterocycles. The molecule has 0 aliphatic rings. The summed E-state index contributed by atoms with van der Waals surface area (Å²) in [6, 6.07) is 23.5. The van der Waals surface area contributed by atoms with Crippen LogP contribution in [0, 0.1) is 6.92 Å². The van der Waals surface area contributed by atoms with Crippen LogP contribution in [0.15, 0.2) is 88.2 Å². The molecule has 0 aliphatic heterocycles. The molecule has 1 amide bonds. The number of amides is 1. The van der Waals surface area contributed by atoms with Gasteiger partial charge in [-0.3, -0.25) is 9.10 Å². The maximum Gasteiger partial charge on any atom is 0.264 e. The second-order valence-electron chi connectivity index (χ2n) is 7.24. The molecule has 0 bridgehead atoms. The van der Waals surface area contributed by atoms with Crippen molar-refractivity contribution in [2.24, 2.45) is 0 Å². The first kappa shape index (κ1) is 23.0. The Kier molecular flexibility index (Phi) is 7.87. The summed E-state index contributed by atoms with van der Waals surface area (Å²) in [6.45, 7) is 2.08. The SMILES string of the molecule is Cc1ccc(S(=O)(=O)N(CC(=O)NCCCc2ccccc2)c2ccc(Br)cc2)cc1. The molecule has 3 rings (SSSR count). The number of rotatable bonds is 9. The maximum atomic E-state index is 13.3. The molecule has 3 aromatic rings. The van der Waals surface area contributed by atoms with E-state index < -0.39 is 10.0 Å². The Morgan fingerprint density at radius 1 is 0.935 bits per heavy atom. The van der Waals surface area contributed by atoms with E-state index in [1.54, 1.807) is 48.5 Å². The summed E-state index contributed by atoms with van der Waals surface area (Å²) in [6.07, 6.45) is 1.62. The molecule has 0 radical (unpaired) electrons. The van der Waals surface area contributed by atoms with Crippen LogP contribution in [-0.4, -0.2) is 27.4 Å². The highest BCUT2D eigenvalue weighted by atomic mass is 79.9. The second kappa shape index (κ2) is 10.6. The number of nitrogens with zero attached hydrogens (tertiary/aromatic N) is 1. The second-order valence-corrected chi connectivity index (χ2v) is 10.0. The number of hydrogen-bond acceptors (Lipinski definition) is 3. The van der Waals surface area contributed by atoms with Gasteiger partial charge in [0.1, 0.15) is 6.54 Å². The molecule has 0 saturated heterocycles. The smallest absolute Gasteiger partial charge is 0.264 e. The molecule has 0 aliphatic carbocycles. The lowest BCUT2D eigenvalue weighted by atomic mass is 10.1. The zero-order valence-corrected chi connectivity index (χ0v) is 19.7. The number of anilines is 1. The van der Waals surface area contributed by atoms with Crippen molar-refractivity contribution in [3.8, 4) is 0 Å². The van der Waals surface area contributed by atoms with Gasteiger partial charge in [0.15, 0.2) is 0 Å². The highest BCUT2D eigenvalue weighted by molar-refractivity contribution is 9.10. The van der Waals surface area contributed by atoms with E-state index in [1.165, 1.54) is 5.56 Å². The highest BCUT2D eigenvalue weighted by Crippen LogP contribution is 2.25. The summed E-state index contributed by atoms with van der Waals surface area (Å²) in [5, 5.41) is 2.84. The lowest BCUT2D eigenvalue weighted by molar-refractivity contribution is -0.119. The number of carbonyl (C=O) groups excluding carboxylic acids is 1. The van der Waals surface area contributed by atoms with E-state index in [0.717, 1.165) is 27.2 Å². The van der Waals surface area contributed by atoms with E-state index in [0.29, 0.717) is 12.2 Å². The monoisotopic (exact) mass is 500 g/mol. The third-order valence-corrected chi connectivity index (χ3v) is 7.13. The van der Waals surface area contributed by atoms with Gasteiger partial charge in [0, 0.05) is 11.0 Å². The topological polar surface area (TPSA) is 66.5 Å². The van der Waals surface area contributed by atoms with Crippen LogP contribution in [0.4, 0.5) is 5.69 Å². The molecule has 31 heavy (non-hydrogen) atoms. The van der Waals surface area contributed by atoms with Crippen molar-refractivity contribution in [3.63, 3.8) is 0 Å². The van der Waals surface area contributed by atoms with Gasteiger partial charge in [0.25, 0.3) is 10.0 Å². The van der Waals surface area contributed by atoms with Crippen molar-refractivity contribution in [3.05, 3.63) is 94.5 Å². The highest BCUT2D eigenvalue weighted by Gasteiger charge is 2.27. The average Bonchev–Trinajstić information content (AvgIpc) is 2.77. The van der Waals surface area contributed by atoms with Crippen LogP contribution in [0.5, 0.6) is 0 Å². The number of carbonyl (C=O) groups is 1. The minimum absolute atomic E-state index is 0.151. The van der Waals surface area contributed by atoms with Crippen LogP contribution in [0.25, 0.3) is 0 Å². The van der Waals surface area contributed by atoms with E-state index in [1.807, 2.05) is 37.3 Å². The van der Waals surface area contributed by atoms with Gasteiger partial charge < -0.3 is 5.32 Å². The van der Waals surface area contributed by atoms with Crippen molar-refractivity contribution < 1.29 is 13.2 Å². The van der Waals surface area contributed by atoms with Gasteiger partial charge in [-0.15, -0.1) is 0 Å². The summed E-state index contributed by atoms with van der Waals surface area (Å²) in [5.74, 6) is -0.341. The summed E-state index contributed by atoms with van der Waals surface area (Å²) in [7, 11) is -3.90. The number of benzene rings is 3. The molecule has 0 aromatic heterocycles. The van der Waals surface area contributed by atoms with Crippen molar-refractivity contribution in [1.82, 2.24) is 5.32 Å². The minimum atomic E-state index is -3.90. The van der Waals surface area contributed by atoms with E-state index >= 15 is 0 Å². The minimum Gasteiger partial charge on any atom is -0.355 e. The quantitative estimate of drug-likeness (QED) is 0.433. The fourth-order valence-corrected chi connectivity index (χ4v) is 4.80. The van der Waals surface area contributed by atoms with Gasteiger partial charge in [0.2, 0.25) is 5.91 Å². The molecule has 0 unspecified atom stereocenters. The van der Waals surface area contributed by atoms with Crippen molar-refractivity contribution in [2.45, 2.75) is 24.7 Å². The molecular formula is C24H25BrN2O3S. The third kappa shape index (κ3) is 6.42. The van der Waals surface area contributed by atoms with Crippen molar-refractivity contribution in [2.75, 3.05) is 17.4 Å². The van der Waals surface area contributed by atoms with Crippen LogP contribution in [0.3, 0.4) is 0 Å². The summed E-state index contributed by atoms with van der Waals surface area (Å²) in [5.41, 5.74) is 2.60. The Bertz CT molecular complexity index is 1100. The van der Waals surface area contributed by atoms with Gasteiger partial charge in [-0.05, 0) is 61.7 Å². The summed E-state index contributed by atoms with van der Waals surface area (Å²) >= 11 is 3.36. The first-order valence-corrected chi connectivity index (χ1v) is 12.3. The van der Waals surface area contributed by atoms with E-state index in [2.05, 4.69) is 21.2 Å². The lowest BCUT2D eigenvalue weighted by Gasteiger charge is -2.24. The first-order valence-electron chi connectivity index (χ1n) is 10.0. The first-order chi connectivity index (χ1) is 14.9. The number of hydrogen-bond donors (Lipinski definition) is 1. The van der Waals surface area contributed by atoms with Gasteiger partial charge in [-0.2, -0.15) is 0 Å². The van der Waals surface area contributed by atoms with E-state index in [9.17, 15) is 13.2 Å². The number of aryl methyl sites for hydroxylation is 2. The molecule has 162 valence electrons. The van der Waals surface area contributed by atoms with Crippen LogP contribution in [0.2, 0.25) is 0 Å². The Morgan fingerprint density at radius 3 is 2.23 bits per heavy atom. The van der Waals surface area contributed by atoms with Crippen molar-refractivity contribution in [1.29, 1.82) is 0 Å². The molecule has 5 nitrogen and oxygen atoms in total. The zero-order chi connectivity index (χ0) is 22.3. The molecule has 0 saturated carbocycles. The predicted molar refractivity (Wildman–Crippen MR) is 128 cm³/mol. The standard InChI is InChI=1S/C24H25BrN2O3S/c1-19-9-15-23(16-10-19)31(29,30)27(22-13-11-21(25)12-14-22)18-24(28)26-17-5-8-20-6-3-2-4-7-20/h2-4,6-7,9-16H,5,8,17-18H2,1H3,(H,26,28). The van der Waals surface area contributed by atoms with Crippen LogP contribution in [-0.2, 0) is 21.2 Å². The summed E-state index contributed by atoms with van der Waals surface area (Å²) in [4.78, 5) is 12.8. The molecular weight excluding hydrogens is 476 g/mol. The number of nitrogens with one attached hydrogen (secondary N) is 1.